The van der Waals surface area contributed by atoms with Gasteiger partial charge in [0, 0.05) is 6.20 Å². The van der Waals surface area contributed by atoms with E-state index in [0.29, 0.717) is 0 Å². The van der Waals surface area contributed by atoms with Gasteiger partial charge in [0.2, 0.25) is 5.82 Å². The molecule has 0 spiro atoms. The third-order valence-electron chi connectivity index (χ3n) is 0.931. The Bertz CT molecular complexity index is 262. The summed E-state index contributed by atoms with van der Waals surface area (Å²) in [6.07, 6.45) is -3.56. The second-order valence-electron chi connectivity index (χ2n) is 1.80. The average Bonchev–Trinajstić information content (AvgIpc) is 1.86. The van der Waals surface area contributed by atoms with Crippen LogP contribution < -0.4 is 5.73 Å². The SMILES string of the molecule is Nc1ccnc(C(F)(F)F)n1.O. The lowest BCUT2D eigenvalue weighted by molar-refractivity contribution is -0.144. The summed E-state index contributed by atoms with van der Waals surface area (Å²) in [6.45, 7) is 0. The summed E-state index contributed by atoms with van der Waals surface area (Å²) in [5.74, 6) is -1.40. The van der Waals surface area contributed by atoms with Gasteiger partial charge in [-0.25, -0.2) is 9.97 Å². The van der Waals surface area contributed by atoms with E-state index in [4.69, 9.17) is 5.73 Å². The lowest BCUT2D eigenvalue weighted by atomic mass is 10.5. The van der Waals surface area contributed by atoms with Gasteiger partial charge in [0.05, 0.1) is 0 Å². The van der Waals surface area contributed by atoms with Crippen LogP contribution in [0.4, 0.5) is 19.0 Å². The van der Waals surface area contributed by atoms with Crippen LogP contribution in [-0.4, -0.2) is 15.4 Å². The molecule has 0 unspecified atom stereocenters. The molecule has 1 heterocycles. The lowest BCUT2D eigenvalue weighted by Gasteiger charge is -2.03. The van der Waals surface area contributed by atoms with Crippen molar-refractivity contribution < 1.29 is 18.6 Å². The highest BCUT2D eigenvalue weighted by Crippen LogP contribution is 2.25. The predicted octanol–water partition coefficient (Wildman–Crippen LogP) is 0.253. The molecule has 0 atom stereocenters. The first-order valence-corrected chi connectivity index (χ1v) is 2.66. The number of rotatable bonds is 0. The highest BCUT2D eigenvalue weighted by Gasteiger charge is 2.34. The van der Waals surface area contributed by atoms with Crippen molar-refractivity contribution in [3.8, 4) is 0 Å². The summed E-state index contributed by atoms with van der Waals surface area (Å²) < 4.78 is 35.4. The molecule has 0 aliphatic heterocycles. The van der Waals surface area contributed by atoms with Gasteiger partial charge in [-0.15, -0.1) is 0 Å². The second-order valence-corrected chi connectivity index (χ2v) is 1.80. The van der Waals surface area contributed by atoms with Crippen LogP contribution in [0.1, 0.15) is 5.82 Å². The van der Waals surface area contributed by atoms with Crippen molar-refractivity contribution >= 4 is 5.82 Å². The van der Waals surface area contributed by atoms with Crippen LogP contribution in [0, 0.1) is 0 Å². The normalized spacial score (nSPS) is 10.6. The van der Waals surface area contributed by atoms with Crippen LogP contribution in [-0.2, 0) is 6.18 Å². The van der Waals surface area contributed by atoms with E-state index in [0.717, 1.165) is 6.20 Å². The zero-order chi connectivity index (χ0) is 8.48. The van der Waals surface area contributed by atoms with Crippen LogP contribution in [0.25, 0.3) is 0 Å². The highest BCUT2D eigenvalue weighted by atomic mass is 19.4. The van der Waals surface area contributed by atoms with Gasteiger partial charge in [0.25, 0.3) is 0 Å². The maximum Gasteiger partial charge on any atom is 0.451 e. The summed E-state index contributed by atoms with van der Waals surface area (Å²) in [6, 6.07) is 1.19. The van der Waals surface area contributed by atoms with Gasteiger partial charge in [0.15, 0.2) is 0 Å². The number of aromatic nitrogens is 2. The van der Waals surface area contributed by atoms with Crippen molar-refractivity contribution in [2.24, 2.45) is 0 Å². The third kappa shape index (κ3) is 2.35. The fourth-order valence-corrected chi connectivity index (χ4v) is 0.509. The number of nitrogen functional groups attached to an aromatic ring is 1. The number of hydrogen-bond donors (Lipinski definition) is 1. The molecule has 4 N–H and O–H groups in total. The van der Waals surface area contributed by atoms with E-state index in [1.165, 1.54) is 6.07 Å². The van der Waals surface area contributed by atoms with Crippen molar-refractivity contribution in [2.75, 3.05) is 5.73 Å². The Kier molecular flexibility index (Phi) is 2.97. The Labute approximate surface area is 65.6 Å². The molecule has 0 bridgehead atoms. The molecule has 1 aromatic heterocycles. The van der Waals surface area contributed by atoms with Crippen molar-refractivity contribution in [3.63, 3.8) is 0 Å². The second kappa shape index (κ2) is 3.35. The van der Waals surface area contributed by atoms with E-state index in [1.54, 1.807) is 0 Å². The smallest absolute Gasteiger partial charge is 0.412 e. The van der Waals surface area contributed by atoms with Gasteiger partial charge in [-0.05, 0) is 6.07 Å². The standard InChI is InChI=1S/C5H4F3N3.H2O/c6-5(7,8)4-10-2-1-3(9)11-4;/h1-2H,(H2,9,10,11);1H2. The van der Waals surface area contributed by atoms with Gasteiger partial charge in [-0.3, -0.25) is 0 Å². The van der Waals surface area contributed by atoms with Crippen molar-refractivity contribution in [3.05, 3.63) is 18.1 Å². The molecule has 0 saturated carbocycles. The molecular formula is C5H6F3N3O. The predicted molar refractivity (Wildman–Crippen MR) is 35.1 cm³/mol. The van der Waals surface area contributed by atoms with Gasteiger partial charge < -0.3 is 11.2 Å². The molecule has 0 fully saturated rings. The first-order chi connectivity index (χ1) is 5.00. The summed E-state index contributed by atoms with van der Waals surface area (Å²) in [7, 11) is 0. The maximum absolute atomic E-state index is 11.8. The maximum atomic E-state index is 11.8. The summed E-state index contributed by atoms with van der Waals surface area (Å²) >= 11 is 0. The van der Waals surface area contributed by atoms with E-state index in [9.17, 15) is 13.2 Å². The fraction of sp³-hybridized carbons (Fsp3) is 0.200. The minimum atomic E-state index is -4.52. The van der Waals surface area contributed by atoms with E-state index < -0.39 is 12.0 Å². The van der Waals surface area contributed by atoms with Gasteiger partial charge in [-0.1, -0.05) is 0 Å². The molecule has 4 nitrogen and oxygen atoms in total. The molecule has 0 amide bonds. The fourth-order valence-electron chi connectivity index (χ4n) is 0.509. The molecule has 12 heavy (non-hydrogen) atoms. The summed E-state index contributed by atoms with van der Waals surface area (Å²) in [5.41, 5.74) is 5.00. The zero-order valence-electron chi connectivity index (χ0n) is 5.76. The van der Waals surface area contributed by atoms with Crippen LogP contribution in [0.2, 0.25) is 0 Å². The zero-order valence-corrected chi connectivity index (χ0v) is 5.76. The molecule has 0 saturated heterocycles. The van der Waals surface area contributed by atoms with Crippen LogP contribution in [0.5, 0.6) is 0 Å². The Balaban J connectivity index is 0.00000121. The van der Waals surface area contributed by atoms with E-state index in [1.807, 2.05) is 0 Å². The van der Waals surface area contributed by atoms with E-state index in [-0.39, 0.29) is 11.3 Å². The molecular weight excluding hydrogens is 175 g/mol. The van der Waals surface area contributed by atoms with E-state index >= 15 is 0 Å². The Hall–Kier alpha value is -1.37. The average molecular weight is 181 g/mol. The third-order valence-corrected chi connectivity index (χ3v) is 0.931. The largest absolute Gasteiger partial charge is 0.451 e. The molecule has 0 aliphatic carbocycles. The number of hydrogen-bond acceptors (Lipinski definition) is 3. The monoisotopic (exact) mass is 181 g/mol. The van der Waals surface area contributed by atoms with Gasteiger partial charge in [0.1, 0.15) is 5.82 Å². The summed E-state index contributed by atoms with van der Waals surface area (Å²) in [4.78, 5) is 5.98. The minimum absolute atomic E-state index is 0. The van der Waals surface area contributed by atoms with Crippen LogP contribution >= 0.6 is 0 Å². The topological polar surface area (TPSA) is 83.3 Å². The summed E-state index contributed by atoms with van der Waals surface area (Å²) in [5, 5.41) is 0. The quantitative estimate of drug-likeness (QED) is 0.622. The van der Waals surface area contributed by atoms with E-state index in [2.05, 4.69) is 9.97 Å². The minimum Gasteiger partial charge on any atom is -0.412 e. The van der Waals surface area contributed by atoms with Crippen molar-refractivity contribution in [1.29, 1.82) is 0 Å². The van der Waals surface area contributed by atoms with Gasteiger partial charge in [-0.2, -0.15) is 13.2 Å². The highest BCUT2D eigenvalue weighted by molar-refractivity contribution is 5.25. The molecule has 0 radical (unpaired) electrons. The number of alkyl halides is 3. The molecule has 0 aliphatic rings. The lowest BCUT2D eigenvalue weighted by Crippen LogP contribution is -2.11. The Morgan fingerprint density at radius 1 is 1.33 bits per heavy atom. The molecule has 0 aromatic carbocycles. The number of nitrogens with zero attached hydrogens (tertiary/aromatic N) is 2. The van der Waals surface area contributed by atoms with Crippen LogP contribution in [0.15, 0.2) is 12.3 Å². The Morgan fingerprint density at radius 2 is 1.92 bits per heavy atom. The Morgan fingerprint density at radius 3 is 2.25 bits per heavy atom. The van der Waals surface area contributed by atoms with Crippen LogP contribution in [0.3, 0.4) is 0 Å². The van der Waals surface area contributed by atoms with Crippen molar-refractivity contribution in [1.82, 2.24) is 9.97 Å². The first-order valence-electron chi connectivity index (χ1n) is 2.66. The van der Waals surface area contributed by atoms with Gasteiger partial charge >= 0.3 is 6.18 Å². The number of halogens is 3. The first kappa shape index (κ1) is 10.6. The molecule has 7 heteroatoms. The van der Waals surface area contributed by atoms with Crippen molar-refractivity contribution in [2.45, 2.75) is 6.18 Å². The molecule has 1 aromatic rings. The number of nitrogens with two attached hydrogens (primary N) is 1. The molecule has 1 rings (SSSR count). The molecule has 68 valence electrons. The number of anilines is 1.